The molecule has 2 rings (SSSR count). The number of hydrogen-bond acceptors (Lipinski definition) is 3. The summed E-state index contributed by atoms with van der Waals surface area (Å²) in [4.78, 5) is 13.4. The largest absolute Gasteiger partial charge is 0.356 e. The van der Waals surface area contributed by atoms with Crippen molar-refractivity contribution in [2.45, 2.75) is 13.3 Å². The van der Waals surface area contributed by atoms with Crippen molar-refractivity contribution in [1.82, 2.24) is 10.1 Å². The van der Waals surface area contributed by atoms with E-state index in [1.165, 1.54) is 0 Å². The van der Waals surface area contributed by atoms with E-state index in [-0.39, 0.29) is 5.91 Å². The second-order valence-corrected chi connectivity index (χ2v) is 3.71. The third-order valence-electron chi connectivity index (χ3n) is 2.67. The number of aromatic nitrogens is 1. The minimum atomic E-state index is 0.0570. The van der Waals surface area contributed by atoms with Gasteiger partial charge in [-0.1, -0.05) is 17.3 Å². The predicted octanol–water partition coefficient (Wildman–Crippen LogP) is 1.85. The van der Waals surface area contributed by atoms with Crippen LogP contribution in [0.1, 0.15) is 12.6 Å². The van der Waals surface area contributed by atoms with Crippen LogP contribution in [0.3, 0.4) is 0 Å². The van der Waals surface area contributed by atoms with Gasteiger partial charge in [0.2, 0.25) is 5.91 Å². The van der Waals surface area contributed by atoms with Crippen molar-refractivity contribution in [3.63, 3.8) is 0 Å². The maximum atomic E-state index is 11.7. The molecule has 16 heavy (non-hydrogen) atoms. The van der Waals surface area contributed by atoms with Crippen LogP contribution in [0.2, 0.25) is 0 Å². The molecule has 0 aliphatic heterocycles. The zero-order valence-electron chi connectivity index (χ0n) is 9.43. The Bertz CT molecular complexity index is 504. The average molecular weight is 218 g/mol. The van der Waals surface area contributed by atoms with Crippen molar-refractivity contribution in [3.8, 4) is 0 Å². The molecule has 0 unspecified atom stereocenters. The topological polar surface area (TPSA) is 46.3 Å². The van der Waals surface area contributed by atoms with E-state index < -0.39 is 0 Å². The first kappa shape index (κ1) is 10.7. The van der Waals surface area contributed by atoms with E-state index in [0.29, 0.717) is 18.7 Å². The van der Waals surface area contributed by atoms with Gasteiger partial charge in [0.05, 0.1) is 6.42 Å². The van der Waals surface area contributed by atoms with E-state index in [0.717, 1.165) is 11.0 Å². The highest BCUT2D eigenvalue weighted by Gasteiger charge is 2.13. The number of benzene rings is 1. The first-order chi connectivity index (χ1) is 7.72. The Labute approximate surface area is 93.8 Å². The van der Waals surface area contributed by atoms with Crippen molar-refractivity contribution in [1.29, 1.82) is 0 Å². The molecule has 4 heteroatoms. The average Bonchev–Trinajstić information content (AvgIpc) is 2.72. The van der Waals surface area contributed by atoms with E-state index in [1.807, 2.05) is 31.2 Å². The van der Waals surface area contributed by atoms with Crippen LogP contribution in [-0.4, -0.2) is 29.6 Å². The number of amides is 1. The Hall–Kier alpha value is -1.84. The smallest absolute Gasteiger partial charge is 0.228 e. The summed E-state index contributed by atoms with van der Waals surface area (Å²) in [6.45, 7) is 2.65. The summed E-state index contributed by atoms with van der Waals surface area (Å²) in [5, 5.41) is 4.85. The molecule has 0 N–H and O–H groups in total. The Morgan fingerprint density at radius 3 is 2.94 bits per heavy atom. The maximum absolute atomic E-state index is 11.7. The van der Waals surface area contributed by atoms with Crippen LogP contribution in [0.5, 0.6) is 0 Å². The van der Waals surface area contributed by atoms with Crippen LogP contribution in [0.4, 0.5) is 0 Å². The molecule has 1 amide bonds. The minimum absolute atomic E-state index is 0.0570. The van der Waals surface area contributed by atoms with E-state index in [9.17, 15) is 4.79 Å². The van der Waals surface area contributed by atoms with Gasteiger partial charge in [-0.25, -0.2) is 0 Å². The third kappa shape index (κ3) is 1.91. The van der Waals surface area contributed by atoms with Crippen LogP contribution in [-0.2, 0) is 11.2 Å². The molecule has 0 saturated carbocycles. The van der Waals surface area contributed by atoms with Crippen LogP contribution in [0.15, 0.2) is 28.8 Å². The zero-order chi connectivity index (χ0) is 11.5. The summed E-state index contributed by atoms with van der Waals surface area (Å²) in [5.41, 5.74) is 1.44. The van der Waals surface area contributed by atoms with Gasteiger partial charge in [0, 0.05) is 19.0 Å². The highest BCUT2D eigenvalue weighted by Crippen LogP contribution is 2.18. The summed E-state index contributed by atoms with van der Waals surface area (Å²) in [5.74, 6) is 0.0570. The number of likely N-dealkylation sites (N-methyl/N-ethyl adjacent to an activating group) is 1. The predicted molar refractivity (Wildman–Crippen MR) is 61.0 cm³/mol. The molecule has 0 spiro atoms. The second kappa shape index (κ2) is 4.35. The van der Waals surface area contributed by atoms with Crippen molar-refractivity contribution < 1.29 is 9.32 Å². The Kier molecular flexibility index (Phi) is 2.90. The van der Waals surface area contributed by atoms with Crippen molar-refractivity contribution in [2.75, 3.05) is 13.6 Å². The normalized spacial score (nSPS) is 10.6. The molecule has 1 aromatic carbocycles. The maximum Gasteiger partial charge on any atom is 0.228 e. The van der Waals surface area contributed by atoms with Gasteiger partial charge in [-0.3, -0.25) is 4.79 Å². The van der Waals surface area contributed by atoms with Gasteiger partial charge in [0.1, 0.15) is 5.69 Å². The second-order valence-electron chi connectivity index (χ2n) is 3.71. The highest BCUT2D eigenvalue weighted by atomic mass is 16.5. The van der Waals surface area contributed by atoms with Crippen LogP contribution in [0.25, 0.3) is 11.0 Å². The molecule has 0 saturated heterocycles. The Balaban J connectivity index is 2.25. The molecule has 0 radical (unpaired) electrons. The van der Waals surface area contributed by atoms with E-state index in [4.69, 9.17) is 4.52 Å². The minimum Gasteiger partial charge on any atom is -0.356 e. The molecule has 2 aromatic rings. The Morgan fingerprint density at radius 2 is 2.19 bits per heavy atom. The molecule has 84 valence electrons. The van der Waals surface area contributed by atoms with Crippen LogP contribution < -0.4 is 0 Å². The fraction of sp³-hybridized carbons (Fsp3) is 0.333. The van der Waals surface area contributed by atoms with E-state index >= 15 is 0 Å². The molecule has 1 aromatic heterocycles. The summed E-state index contributed by atoms with van der Waals surface area (Å²) in [6, 6.07) is 7.56. The first-order valence-corrected chi connectivity index (χ1v) is 5.29. The van der Waals surface area contributed by atoms with Gasteiger partial charge in [-0.15, -0.1) is 0 Å². The lowest BCUT2D eigenvalue weighted by molar-refractivity contribution is -0.129. The lowest BCUT2D eigenvalue weighted by atomic mass is 10.1. The summed E-state index contributed by atoms with van der Waals surface area (Å²) >= 11 is 0. The highest BCUT2D eigenvalue weighted by molar-refractivity contribution is 5.86. The molecule has 0 aliphatic carbocycles. The molecule has 0 atom stereocenters. The van der Waals surface area contributed by atoms with Gasteiger partial charge >= 0.3 is 0 Å². The van der Waals surface area contributed by atoms with Gasteiger partial charge in [-0.05, 0) is 19.1 Å². The van der Waals surface area contributed by atoms with E-state index in [2.05, 4.69) is 5.16 Å². The van der Waals surface area contributed by atoms with Crippen molar-refractivity contribution in [2.24, 2.45) is 0 Å². The number of carbonyl (C=O) groups is 1. The zero-order valence-corrected chi connectivity index (χ0v) is 9.43. The first-order valence-electron chi connectivity index (χ1n) is 5.29. The molecule has 4 nitrogen and oxygen atoms in total. The molecule has 0 aliphatic rings. The molecular formula is C12H14N2O2. The number of hydrogen-bond donors (Lipinski definition) is 0. The fourth-order valence-electron chi connectivity index (χ4n) is 1.52. The summed E-state index contributed by atoms with van der Waals surface area (Å²) < 4.78 is 5.14. The number of nitrogens with zero attached hydrogens (tertiary/aromatic N) is 2. The lowest BCUT2D eigenvalue weighted by Crippen LogP contribution is -2.27. The third-order valence-corrected chi connectivity index (χ3v) is 2.67. The molecular weight excluding hydrogens is 204 g/mol. The van der Waals surface area contributed by atoms with Gasteiger partial charge in [-0.2, -0.15) is 0 Å². The standard InChI is InChI=1S/C12H14N2O2/c1-3-14(2)12(15)8-10-9-6-4-5-7-11(9)16-13-10/h4-7H,3,8H2,1-2H3. The van der Waals surface area contributed by atoms with Gasteiger partial charge < -0.3 is 9.42 Å². The number of rotatable bonds is 3. The number of fused-ring (bicyclic) bond motifs is 1. The monoisotopic (exact) mass is 218 g/mol. The van der Waals surface area contributed by atoms with E-state index in [1.54, 1.807) is 11.9 Å². The number of para-hydroxylation sites is 1. The Morgan fingerprint density at radius 1 is 1.44 bits per heavy atom. The number of carbonyl (C=O) groups excluding carboxylic acids is 1. The van der Waals surface area contributed by atoms with Crippen LogP contribution in [0, 0.1) is 0 Å². The van der Waals surface area contributed by atoms with Crippen molar-refractivity contribution in [3.05, 3.63) is 30.0 Å². The van der Waals surface area contributed by atoms with Gasteiger partial charge in [0.25, 0.3) is 0 Å². The fourth-order valence-corrected chi connectivity index (χ4v) is 1.52. The van der Waals surface area contributed by atoms with Crippen molar-refractivity contribution >= 4 is 16.9 Å². The van der Waals surface area contributed by atoms with Crippen LogP contribution >= 0.6 is 0 Å². The molecule has 1 heterocycles. The van der Waals surface area contributed by atoms with Gasteiger partial charge in [0.15, 0.2) is 5.58 Å². The summed E-state index contributed by atoms with van der Waals surface area (Å²) in [6.07, 6.45) is 0.293. The summed E-state index contributed by atoms with van der Waals surface area (Å²) in [7, 11) is 1.78. The molecule has 0 bridgehead atoms. The SMILES string of the molecule is CCN(C)C(=O)Cc1noc2ccccc12. The molecule has 0 fully saturated rings. The lowest BCUT2D eigenvalue weighted by Gasteiger charge is -2.12. The quantitative estimate of drug-likeness (QED) is 0.789.